The Morgan fingerprint density at radius 1 is 1.47 bits per heavy atom. The van der Waals surface area contributed by atoms with Crippen LogP contribution >= 0.6 is 0 Å². The summed E-state index contributed by atoms with van der Waals surface area (Å²) < 4.78 is 5.31. The lowest BCUT2D eigenvalue weighted by molar-refractivity contribution is -0.384. The summed E-state index contributed by atoms with van der Waals surface area (Å²) in [4.78, 5) is 12.6. The van der Waals surface area contributed by atoms with Crippen LogP contribution in [0.3, 0.4) is 0 Å². The summed E-state index contributed by atoms with van der Waals surface area (Å²) in [7, 11) is 1.68. The molecule has 0 atom stereocenters. The highest BCUT2D eigenvalue weighted by atomic mass is 16.6. The van der Waals surface area contributed by atoms with Crippen molar-refractivity contribution in [3.05, 3.63) is 33.9 Å². The molecule has 2 rings (SSSR count). The van der Waals surface area contributed by atoms with Crippen LogP contribution in [-0.4, -0.2) is 44.5 Å². The van der Waals surface area contributed by atoms with E-state index in [0.29, 0.717) is 13.2 Å². The van der Waals surface area contributed by atoms with Gasteiger partial charge in [0.05, 0.1) is 24.4 Å². The van der Waals surface area contributed by atoms with Crippen LogP contribution in [-0.2, 0) is 4.74 Å². The molecule has 0 amide bonds. The van der Waals surface area contributed by atoms with Crippen molar-refractivity contribution in [1.29, 1.82) is 0 Å². The van der Waals surface area contributed by atoms with Gasteiger partial charge in [-0.2, -0.15) is 5.10 Å². The lowest BCUT2D eigenvalue weighted by atomic mass is 10.1. The summed E-state index contributed by atoms with van der Waals surface area (Å²) in [5.41, 5.74) is 4.38. The average molecular weight is 264 g/mol. The first-order valence-corrected chi connectivity index (χ1v) is 6.03. The molecule has 1 saturated heterocycles. The molecule has 1 heterocycles. The van der Waals surface area contributed by atoms with E-state index in [1.54, 1.807) is 19.3 Å². The molecule has 0 aliphatic carbocycles. The van der Waals surface area contributed by atoms with Gasteiger partial charge in [-0.15, -0.1) is 0 Å². The molecule has 1 aliphatic heterocycles. The summed E-state index contributed by atoms with van der Waals surface area (Å²) in [5, 5.41) is 14.8. The highest BCUT2D eigenvalue weighted by Crippen LogP contribution is 2.25. The van der Waals surface area contributed by atoms with E-state index in [0.717, 1.165) is 24.3 Å². The van der Waals surface area contributed by atoms with E-state index in [1.807, 2.05) is 0 Å². The van der Waals surface area contributed by atoms with Crippen LogP contribution < -0.4 is 10.3 Å². The van der Waals surface area contributed by atoms with Gasteiger partial charge in [0, 0.05) is 43.5 Å². The topological polar surface area (TPSA) is 80.0 Å². The maximum absolute atomic E-state index is 10.8. The standard InChI is InChI=1S/C12H16N4O3/c1-13-14-9-10-8-11(16(17)18)2-3-12(10)15-4-6-19-7-5-15/h2-3,8-9,13H,4-7H2,1H3. The number of benzene rings is 1. The number of anilines is 1. The van der Waals surface area contributed by atoms with Crippen molar-refractivity contribution in [3.8, 4) is 0 Å². The molecule has 0 spiro atoms. The zero-order valence-corrected chi connectivity index (χ0v) is 10.7. The van der Waals surface area contributed by atoms with Crippen molar-refractivity contribution >= 4 is 17.6 Å². The van der Waals surface area contributed by atoms with Gasteiger partial charge < -0.3 is 15.1 Å². The summed E-state index contributed by atoms with van der Waals surface area (Å²) in [5.74, 6) is 0. The summed E-state index contributed by atoms with van der Waals surface area (Å²) >= 11 is 0. The second-order valence-electron chi connectivity index (χ2n) is 4.08. The highest BCUT2D eigenvalue weighted by Gasteiger charge is 2.17. The molecule has 0 unspecified atom stereocenters. The van der Waals surface area contributed by atoms with Crippen molar-refractivity contribution < 1.29 is 9.66 Å². The van der Waals surface area contributed by atoms with Gasteiger partial charge >= 0.3 is 0 Å². The van der Waals surface area contributed by atoms with Gasteiger partial charge in [0.15, 0.2) is 0 Å². The van der Waals surface area contributed by atoms with Crippen LogP contribution in [0, 0.1) is 10.1 Å². The SMILES string of the molecule is CNN=Cc1cc([N+](=O)[O-])ccc1N1CCOCC1. The van der Waals surface area contributed by atoms with Crippen molar-refractivity contribution in [2.75, 3.05) is 38.3 Å². The van der Waals surface area contributed by atoms with E-state index in [-0.39, 0.29) is 5.69 Å². The molecule has 102 valence electrons. The van der Waals surface area contributed by atoms with Crippen LogP contribution in [0.5, 0.6) is 0 Å². The fourth-order valence-electron chi connectivity index (χ4n) is 1.99. The Labute approximate surface area is 111 Å². The molecule has 1 aromatic rings. The number of hydrogen-bond acceptors (Lipinski definition) is 6. The molecule has 1 aliphatic rings. The number of morpholine rings is 1. The van der Waals surface area contributed by atoms with Gasteiger partial charge in [-0.1, -0.05) is 0 Å². The first-order valence-electron chi connectivity index (χ1n) is 6.03. The Morgan fingerprint density at radius 2 is 2.21 bits per heavy atom. The molecule has 19 heavy (non-hydrogen) atoms. The second kappa shape index (κ2) is 6.14. The summed E-state index contributed by atoms with van der Waals surface area (Å²) in [6.07, 6.45) is 1.60. The van der Waals surface area contributed by atoms with Crippen LogP contribution in [0.4, 0.5) is 11.4 Å². The molecule has 1 aromatic carbocycles. The molecule has 1 fully saturated rings. The predicted octanol–water partition coefficient (Wildman–Crippen LogP) is 0.985. The first kappa shape index (κ1) is 13.3. The second-order valence-corrected chi connectivity index (χ2v) is 4.08. The number of nitro benzene ring substituents is 1. The molecule has 7 heteroatoms. The molecular formula is C12H16N4O3. The molecular weight excluding hydrogens is 248 g/mol. The molecule has 1 N–H and O–H groups in total. The minimum Gasteiger partial charge on any atom is -0.378 e. The molecule has 0 aromatic heterocycles. The van der Waals surface area contributed by atoms with Gasteiger partial charge in [-0.3, -0.25) is 10.1 Å². The third-order valence-electron chi connectivity index (χ3n) is 2.91. The highest BCUT2D eigenvalue weighted by molar-refractivity contribution is 5.89. The van der Waals surface area contributed by atoms with E-state index in [9.17, 15) is 10.1 Å². The predicted molar refractivity (Wildman–Crippen MR) is 72.8 cm³/mol. The lowest BCUT2D eigenvalue weighted by Gasteiger charge is -2.29. The van der Waals surface area contributed by atoms with E-state index >= 15 is 0 Å². The number of ether oxygens (including phenoxy) is 1. The van der Waals surface area contributed by atoms with Gasteiger partial charge in [-0.05, 0) is 6.07 Å². The molecule has 0 bridgehead atoms. The van der Waals surface area contributed by atoms with Crippen molar-refractivity contribution in [2.24, 2.45) is 5.10 Å². The van der Waals surface area contributed by atoms with Gasteiger partial charge in [0.2, 0.25) is 0 Å². The number of non-ortho nitro benzene ring substituents is 1. The lowest BCUT2D eigenvalue weighted by Crippen LogP contribution is -2.36. The van der Waals surface area contributed by atoms with Crippen LogP contribution in [0.15, 0.2) is 23.3 Å². The quantitative estimate of drug-likeness (QED) is 0.498. The Morgan fingerprint density at radius 3 is 2.84 bits per heavy atom. The summed E-state index contributed by atoms with van der Waals surface area (Å²) in [6, 6.07) is 4.81. The van der Waals surface area contributed by atoms with Crippen molar-refractivity contribution in [1.82, 2.24) is 5.43 Å². The maximum Gasteiger partial charge on any atom is 0.270 e. The third kappa shape index (κ3) is 3.19. The normalized spacial score (nSPS) is 15.7. The number of hydrogen-bond donors (Lipinski definition) is 1. The first-order chi connectivity index (χ1) is 9.22. The maximum atomic E-state index is 10.8. The van der Waals surface area contributed by atoms with Gasteiger partial charge in [-0.25, -0.2) is 0 Å². The van der Waals surface area contributed by atoms with Gasteiger partial charge in [0.1, 0.15) is 0 Å². The van der Waals surface area contributed by atoms with Crippen LogP contribution in [0.2, 0.25) is 0 Å². The molecule has 0 radical (unpaired) electrons. The minimum atomic E-state index is -0.403. The fraction of sp³-hybridized carbons (Fsp3) is 0.417. The zero-order chi connectivity index (χ0) is 13.7. The van der Waals surface area contributed by atoms with E-state index < -0.39 is 4.92 Å². The fourth-order valence-corrected chi connectivity index (χ4v) is 1.99. The Hall–Kier alpha value is -2.15. The number of nitro groups is 1. The monoisotopic (exact) mass is 264 g/mol. The molecule has 7 nitrogen and oxygen atoms in total. The van der Waals surface area contributed by atoms with Gasteiger partial charge in [0.25, 0.3) is 5.69 Å². The van der Waals surface area contributed by atoms with Crippen molar-refractivity contribution in [3.63, 3.8) is 0 Å². The summed E-state index contributed by atoms with van der Waals surface area (Å²) in [6.45, 7) is 2.88. The molecule has 0 saturated carbocycles. The smallest absolute Gasteiger partial charge is 0.270 e. The Bertz CT molecular complexity index is 484. The largest absolute Gasteiger partial charge is 0.378 e. The van der Waals surface area contributed by atoms with Crippen LogP contribution in [0.1, 0.15) is 5.56 Å². The van der Waals surface area contributed by atoms with E-state index in [2.05, 4.69) is 15.4 Å². The van der Waals surface area contributed by atoms with E-state index in [4.69, 9.17) is 4.74 Å². The zero-order valence-electron chi connectivity index (χ0n) is 10.7. The number of hydrazone groups is 1. The number of rotatable bonds is 4. The van der Waals surface area contributed by atoms with Crippen LogP contribution in [0.25, 0.3) is 0 Å². The number of nitrogens with one attached hydrogen (secondary N) is 1. The average Bonchev–Trinajstić information content (AvgIpc) is 2.45. The van der Waals surface area contributed by atoms with E-state index in [1.165, 1.54) is 12.1 Å². The Kier molecular flexibility index (Phi) is 4.30. The van der Waals surface area contributed by atoms with Crippen molar-refractivity contribution in [2.45, 2.75) is 0 Å². The number of nitrogens with zero attached hydrogens (tertiary/aromatic N) is 3. The third-order valence-corrected chi connectivity index (χ3v) is 2.91. The minimum absolute atomic E-state index is 0.0644. The Balaban J connectivity index is 2.34.